The summed E-state index contributed by atoms with van der Waals surface area (Å²) in [5.41, 5.74) is 4.30. The van der Waals surface area contributed by atoms with Crippen molar-refractivity contribution in [3.05, 3.63) is 65.1 Å². The first kappa shape index (κ1) is 19.7. The SMILES string of the molecule is N#Cc1ccc(CN2CCCC(c3ccnc4c(C(=O)N5CCCC5)cnn34)C2)cc1. The van der Waals surface area contributed by atoms with E-state index in [1.54, 1.807) is 6.20 Å². The van der Waals surface area contributed by atoms with Crippen LogP contribution in [0, 0.1) is 11.3 Å². The molecular weight excluding hydrogens is 388 g/mol. The third kappa shape index (κ3) is 3.91. The number of aromatic nitrogens is 3. The van der Waals surface area contributed by atoms with Crippen LogP contribution in [0.4, 0.5) is 0 Å². The lowest BCUT2D eigenvalue weighted by atomic mass is 9.94. The van der Waals surface area contributed by atoms with E-state index in [-0.39, 0.29) is 5.91 Å². The molecule has 0 radical (unpaired) electrons. The summed E-state index contributed by atoms with van der Waals surface area (Å²) in [4.78, 5) is 21.8. The smallest absolute Gasteiger partial charge is 0.259 e. The predicted octanol–water partition coefficient (Wildman–Crippen LogP) is 3.22. The lowest BCUT2D eigenvalue weighted by molar-refractivity contribution is 0.0794. The van der Waals surface area contributed by atoms with E-state index in [4.69, 9.17) is 5.26 Å². The van der Waals surface area contributed by atoms with Crippen molar-refractivity contribution in [3.63, 3.8) is 0 Å². The Morgan fingerprint density at radius 2 is 1.90 bits per heavy atom. The van der Waals surface area contributed by atoms with Crippen molar-refractivity contribution >= 4 is 11.6 Å². The summed E-state index contributed by atoms with van der Waals surface area (Å²) in [6.45, 7) is 4.51. The van der Waals surface area contributed by atoms with Gasteiger partial charge >= 0.3 is 0 Å². The maximum absolute atomic E-state index is 12.9. The fraction of sp³-hybridized carbons (Fsp3) is 0.417. The number of rotatable bonds is 4. The molecule has 5 rings (SSSR count). The average molecular weight is 415 g/mol. The molecule has 2 aromatic heterocycles. The molecule has 2 fully saturated rings. The standard InChI is InChI=1S/C24H26N6O/c25-14-18-5-7-19(8-6-18)16-28-11-3-4-20(17-28)22-9-10-26-23-21(15-27-30(22)23)24(31)29-12-1-2-13-29/h5-10,15,20H,1-4,11-13,16-17H2. The zero-order valence-corrected chi connectivity index (χ0v) is 17.6. The Balaban J connectivity index is 1.36. The number of carbonyl (C=O) groups excluding carboxylic acids is 1. The topological polar surface area (TPSA) is 77.5 Å². The second-order valence-corrected chi connectivity index (χ2v) is 8.55. The maximum atomic E-state index is 12.9. The summed E-state index contributed by atoms with van der Waals surface area (Å²) in [6.07, 6.45) is 7.85. The fourth-order valence-corrected chi connectivity index (χ4v) is 4.84. The molecule has 2 aliphatic rings. The molecule has 0 saturated carbocycles. The van der Waals surface area contributed by atoms with Gasteiger partial charge in [0.05, 0.1) is 23.5 Å². The first-order valence-electron chi connectivity index (χ1n) is 11.1. The Kier molecular flexibility index (Phi) is 5.39. The zero-order valence-electron chi connectivity index (χ0n) is 17.6. The van der Waals surface area contributed by atoms with Gasteiger partial charge in [-0.15, -0.1) is 0 Å². The molecule has 1 aromatic carbocycles. The highest BCUT2D eigenvalue weighted by Gasteiger charge is 2.27. The number of hydrogen-bond donors (Lipinski definition) is 0. The Labute approximate surface area is 181 Å². The van der Waals surface area contributed by atoms with Crippen molar-refractivity contribution in [1.29, 1.82) is 5.26 Å². The predicted molar refractivity (Wildman–Crippen MR) is 117 cm³/mol. The largest absolute Gasteiger partial charge is 0.338 e. The highest BCUT2D eigenvalue weighted by Crippen LogP contribution is 2.28. The molecule has 1 amide bonds. The van der Waals surface area contributed by atoms with Gasteiger partial charge in [0, 0.05) is 38.3 Å². The molecule has 2 saturated heterocycles. The Bertz CT molecular complexity index is 1120. The Hall–Kier alpha value is -3.24. The van der Waals surface area contributed by atoms with Crippen molar-refractivity contribution in [2.45, 2.75) is 38.1 Å². The maximum Gasteiger partial charge on any atom is 0.259 e. The van der Waals surface area contributed by atoms with Gasteiger partial charge in [-0.25, -0.2) is 9.50 Å². The van der Waals surface area contributed by atoms with Crippen molar-refractivity contribution < 1.29 is 4.79 Å². The van der Waals surface area contributed by atoms with Crippen molar-refractivity contribution in [2.24, 2.45) is 0 Å². The van der Waals surface area contributed by atoms with Crippen LogP contribution in [0.5, 0.6) is 0 Å². The normalized spacial score (nSPS) is 19.6. The molecule has 3 aromatic rings. The second-order valence-electron chi connectivity index (χ2n) is 8.55. The molecule has 7 nitrogen and oxygen atoms in total. The number of hydrogen-bond acceptors (Lipinski definition) is 5. The lowest BCUT2D eigenvalue weighted by Gasteiger charge is -2.33. The van der Waals surface area contributed by atoms with Gasteiger partial charge in [0.2, 0.25) is 0 Å². The van der Waals surface area contributed by atoms with Crippen LogP contribution in [0.1, 0.15) is 58.8 Å². The van der Waals surface area contributed by atoms with Crippen LogP contribution in [0.25, 0.3) is 5.65 Å². The Morgan fingerprint density at radius 1 is 1.10 bits per heavy atom. The van der Waals surface area contributed by atoms with Gasteiger partial charge in [0.1, 0.15) is 5.56 Å². The molecule has 2 aliphatic heterocycles. The van der Waals surface area contributed by atoms with E-state index in [1.165, 1.54) is 5.56 Å². The molecule has 1 unspecified atom stereocenters. The van der Waals surface area contributed by atoms with Gasteiger partial charge in [0.25, 0.3) is 5.91 Å². The number of benzene rings is 1. The van der Waals surface area contributed by atoms with E-state index >= 15 is 0 Å². The van der Waals surface area contributed by atoms with Gasteiger partial charge in [-0.05, 0) is 56.0 Å². The van der Waals surface area contributed by atoms with E-state index in [9.17, 15) is 4.79 Å². The summed E-state index contributed by atoms with van der Waals surface area (Å²) < 4.78 is 1.87. The molecular formula is C24H26N6O. The van der Waals surface area contributed by atoms with Gasteiger partial charge in [-0.2, -0.15) is 10.4 Å². The molecule has 31 heavy (non-hydrogen) atoms. The third-order valence-corrected chi connectivity index (χ3v) is 6.47. The number of nitriles is 1. The fourth-order valence-electron chi connectivity index (χ4n) is 4.84. The molecule has 4 heterocycles. The van der Waals surface area contributed by atoms with E-state index in [1.807, 2.05) is 45.9 Å². The van der Waals surface area contributed by atoms with Gasteiger partial charge in [-0.1, -0.05) is 12.1 Å². The average Bonchev–Trinajstić information content (AvgIpc) is 3.50. The van der Waals surface area contributed by atoms with Crippen molar-refractivity contribution in [3.8, 4) is 6.07 Å². The summed E-state index contributed by atoms with van der Waals surface area (Å²) in [5.74, 6) is 0.385. The van der Waals surface area contributed by atoms with Gasteiger partial charge in [-0.3, -0.25) is 9.69 Å². The van der Waals surface area contributed by atoms with E-state index in [0.29, 0.717) is 22.7 Å². The highest BCUT2D eigenvalue weighted by atomic mass is 16.2. The number of likely N-dealkylation sites (tertiary alicyclic amines) is 2. The minimum atomic E-state index is 0.0447. The van der Waals surface area contributed by atoms with E-state index < -0.39 is 0 Å². The van der Waals surface area contributed by atoms with Crippen molar-refractivity contribution in [1.82, 2.24) is 24.4 Å². The summed E-state index contributed by atoms with van der Waals surface area (Å²) >= 11 is 0. The number of amides is 1. The quantitative estimate of drug-likeness (QED) is 0.655. The lowest BCUT2D eigenvalue weighted by Crippen LogP contribution is -2.34. The van der Waals surface area contributed by atoms with Crippen molar-refractivity contribution in [2.75, 3.05) is 26.2 Å². The van der Waals surface area contributed by atoms with Crippen LogP contribution in [0.15, 0.2) is 42.7 Å². The van der Waals surface area contributed by atoms with Crippen LogP contribution in [-0.2, 0) is 6.54 Å². The number of fused-ring (bicyclic) bond motifs is 1. The van der Waals surface area contributed by atoms with Crippen LogP contribution >= 0.6 is 0 Å². The number of carbonyl (C=O) groups is 1. The minimum absolute atomic E-state index is 0.0447. The third-order valence-electron chi connectivity index (χ3n) is 6.47. The zero-order chi connectivity index (χ0) is 21.2. The molecule has 0 aliphatic carbocycles. The molecule has 1 atom stereocenters. The summed E-state index contributed by atoms with van der Waals surface area (Å²) in [5, 5.41) is 13.6. The first-order chi connectivity index (χ1) is 15.2. The molecule has 0 N–H and O–H groups in total. The first-order valence-corrected chi connectivity index (χ1v) is 11.1. The summed E-state index contributed by atoms with van der Waals surface area (Å²) in [6, 6.07) is 12.1. The van der Waals surface area contributed by atoms with Crippen LogP contribution in [0.2, 0.25) is 0 Å². The monoisotopic (exact) mass is 414 g/mol. The van der Waals surface area contributed by atoms with E-state index in [0.717, 1.165) is 64.1 Å². The minimum Gasteiger partial charge on any atom is -0.338 e. The number of piperidine rings is 1. The second kappa shape index (κ2) is 8.48. The van der Waals surface area contributed by atoms with E-state index in [2.05, 4.69) is 21.1 Å². The highest BCUT2D eigenvalue weighted by molar-refractivity contribution is 5.99. The molecule has 0 bridgehead atoms. The van der Waals surface area contributed by atoms with Gasteiger partial charge < -0.3 is 4.90 Å². The number of nitrogens with zero attached hydrogens (tertiary/aromatic N) is 6. The summed E-state index contributed by atoms with van der Waals surface area (Å²) in [7, 11) is 0. The van der Waals surface area contributed by atoms with Crippen LogP contribution < -0.4 is 0 Å². The molecule has 0 spiro atoms. The molecule has 158 valence electrons. The Morgan fingerprint density at radius 3 is 2.68 bits per heavy atom. The van der Waals surface area contributed by atoms with Crippen LogP contribution in [0.3, 0.4) is 0 Å². The van der Waals surface area contributed by atoms with Gasteiger partial charge in [0.15, 0.2) is 5.65 Å². The van der Waals surface area contributed by atoms with Crippen LogP contribution in [-0.4, -0.2) is 56.5 Å². The molecule has 7 heteroatoms.